The molecular weight excluding hydrogens is 263 g/mol. The van der Waals surface area contributed by atoms with E-state index in [9.17, 15) is 12.8 Å². The zero-order chi connectivity index (χ0) is 13.1. The third kappa shape index (κ3) is 3.69. The van der Waals surface area contributed by atoms with Crippen LogP contribution >= 0.6 is 11.8 Å². The Balaban J connectivity index is 3.29. The van der Waals surface area contributed by atoms with Gasteiger partial charge < -0.3 is 5.11 Å². The monoisotopic (exact) mass is 278 g/mol. The molecule has 0 aliphatic rings. The average molecular weight is 278 g/mol. The van der Waals surface area contributed by atoms with Gasteiger partial charge in [0.2, 0.25) is 0 Å². The summed E-state index contributed by atoms with van der Waals surface area (Å²) in [5.74, 6) is -0.520. The van der Waals surface area contributed by atoms with Gasteiger partial charge in [0.1, 0.15) is 5.82 Å². The maximum atomic E-state index is 13.7. The molecule has 1 rings (SSSR count). The van der Waals surface area contributed by atoms with Gasteiger partial charge in [-0.1, -0.05) is 0 Å². The number of hydrogen-bond donors (Lipinski definition) is 1. The Hall–Kier alpha value is -0.590. The maximum absolute atomic E-state index is 13.7. The number of aryl methyl sites for hydroxylation is 1. The van der Waals surface area contributed by atoms with Gasteiger partial charge in [-0.2, -0.15) is 0 Å². The van der Waals surface area contributed by atoms with Crippen molar-refractivity contribution in [3.63, 3.8) is 0 Å². The van der Waals surface area contributed by atoms with Crippen molar-refractivity contribution >= 4 is 21.6 Å². The minimum Gasteiger partial charge on any atom is -0.396 e. The van der Waals surface area contributed by atoms with E-state index in [0.717, 1.165) is 18.0 Å². The summed E-state index contributed by atoms with van der Waals surface area (Å²) in [7, 11) is -3.44. The van der Waals surface area contributed by atoms with E-state index in [4.69, 9.17) is 5.11 Å². The third-order valence-corrected chi connectivity index (χ3v) is 4.37. The molecule has 0 bridgehead atoms. The van der Waals surface area contributed by atoms with Gasteiger partial charge in [0, 0.05) is 12.9 Å². The van der Waals surface area contributed by atoms with Gasteiger partial charge in [0.05, 0.1) is 9.79 Å². The van der Waals surface area contributed by atoms with Crippen LogP contribution in [0.3, 0.4) is 0 Å². The molecule has 0 saturated heterocycles. The van der Waals surface area contributed by atoms with Gasteiger partial charge in [0.15, 0.2) is 9.84 Å². The fourth-order valence-corrected chi connectivity index (χ4v) is 3.54. The van der Waals surface area contributed by atoms with Crippen LogP contribution in [0, 0.1) is 5.82 Å². The molecule has 0 fully saturated rings. The van der Waals surface area contributed by atoms with E-state index in [2.05, 4.69) is 0 Å². The van der Waals surface area contributed by atoms with E-state index in [1.54, 1.807) is 6.26 Å². The summed E-state index contributed by atoms with van der Waals surface area (Å²) in [6.07, 6.45) is 3.66. The summed E-state index contributed by atoms with van der Waals surface area (Å²) in [5.41, 5.74) is 0.592. The van der Waals surface area contributed by atoms with E-state index in [1.165, 1.54) is 12.1 Å². The van der Waals surface area contributed by atoms with Crippen LogP contribution in [0.5, 0.6) is 0 Å². The SMILES string of the molecule is CSc1c(F)cc(CCCO)cc1S(C)(=O)=O. The second kappa shape index (κ2) is 5.84. The average Bonchev–Trinajstić information content (AvgIpc) is 2.24. The second-order valence-corrected chi connectivity index (χ2v) is 6.51. The number of aliphatic hydroxyl groups excluding tert-OH is 1. The molecular formula is C11H15FO3S2. The Morgan fingerprint density at radius 2 is 2.06 bits per heavy atom. The third-order valence-electron chi connectivity index (χ3n) is 2.30. The largest absolute Gasteiger partial charge is 0.396 e. The van der Waals surface area contributed by atoms with Crippen molar-refractivity contribution in [3.8, 4) is 0 Å². The first-order valence-electron chi connectivity index (χ1n) is 5.07. The van der Waals surface area contributed by atoms with Crippen molar-refractivity contribution in [2.45, 2.75) is 22.6 Å². The van der Waals surface area contributed by atoms with Gasteiger partial charge in [-0.15, -0.1) is 11.8 Å². The first-order valence-corrected chi connectivity index (χ1v) is 8.19. The first kappa shape index (κ1) is 14.5. The van der Waals surface area contributed by atoms with Gasteiger partial charge in [-0.3, -0.25) is 0 Å². The van der Waals surface area contributed by atoms with E-state index < -0.39 is 15.7 Å². The molecule has 0 heterocycles. The molecule has 0 aromatic heterocycles. The summed E-state index contributed by atoms with van der Waals surface area (Å²) in [6, 6.07) is 2.82. The lowest BCUT2D eigenvalue weighted by atomic mass is 10.1. The van der Waals surface area contributed by atoms with Crippen LogP contribution in [0.15, 0.2) is 21.9 Å². The first-order chi connectivity index (χ1) is 7.90. The lowest BCUT2D eigenvalue weighted by Crippen LogP contribution is -2.03. The zero-order valence-electron chi connectivity index (χ0n) is 9.73. The molecule has 1 aromatic carbocycles. The topological polar surface area (TPSA) is 54.4 Å². The van der Waals surface area contributed by atoms with Gasteiger partial charge in [-0.25, -0.2) is 12.8 Å². The highest BCUT2D eigenvalue weighted by atomic mass is 32.2. The van der Waals surface area contributed by atoms with Crippen molar-refractivity contribution in [2.24, 2.45) is 0 Å². The number of rotatable bonds is 5. The summed E-state index contributed by atoms with van der Waals surface area (Å²) < 4.78 is 36.8. The molecule has 0 radical (unpaired) electrons. The Bertz CT molecular complexity index is 498. The standard InChI is InChI=1S/C11H15FO3S2/c1-16-11-9(12)6-8(4-3-5-13)7-10(11)17(2,14)15/h6-7,13H,3-5H2,1-2H3. The van der Waals surface area contributed by atoms with Gasteiger partial charge in [-0.05, 0) is 36.8 Å². The molecule has 6 heteroatoms. The van der Waals surface area contributed by atoms with Crippen LogP contribution in [0.25, 0.3) is 0 Å². The normalized spacial score (nSPS) is 11.8. The fourth-order valence-electron chi connectivity index (χ4n) is 1.52. The molecule has 0 saturated carbocycles. The minimum absolute atomic E-state index is 0.000106. The van der Waals surface area contributed by atoms with Crippen molar-refractivity contribution in [2.75, 3.05) is 19.1 Å². The van der Waals surface area contributed by atoms with E-state index >= 15 is 0 Å². The molecule has 17 heavy (non-hydrogen) atoms. The predicted molar refractivity (Wildman–Crippen MR) is 66.7 cm³/mol. The van der Waals surface area contributed by atoms with Crippen molar-refractivity contribution in [1.29, 1.82) is 0 Å². The van der Waals surface area contributed by atoms with Crippen molar-refractivity contribution in [3.05, 3.63) is 23.5 Å². The molecule has 0 atom stereocenters. The molecule has 0 aliphatic carbocycles. The molecule has 0 spiro atoms. The van der Waals surface area contributed by atoms with E-state index in [1.807, 2.05) is 0 Å². The van der Waals surface area contributed by atoms with Crippen molar-refractivity contribution in [1.82, 2.24) is 0 Å². The summed E-state index contributed by atoms with van der Waals surface area (Å²) in [6.45, 7) is 0.000106. The summed E-state index contributed by atoms with van der Waals surface area (Å²) >= 11 is 1.08. The van der Waals surface area contributed by atoms with Crippen LogP contribution < -0.4 is 0 Å². The highest BCUT2D eigenvalue weighted by molar-refractivity contribution is 7.99. The van der Waals surface area contributed by atoms with E-state index in [-0.39, 0.29) is 16.4 Å². The fraction of sp³-hybridized carbons (Fsp3) is 0.455. The van der Waals surface area contributed by atoms with E-state index in [0.29, 0.717) is 18.4 Å². The Labute approximate surface area is 105 Å². The molecule has 96 valence electrons. The molecule has 0 aliphatic heterocycles. The summed E-state index contributed by atoms with van der Waals surface area (Å²) in [5, 5.41) is 8.71. The van der Waals surface area contributed by atoms with Gasteiger partial charge in [0.25, 0.3) is 0 Å². The molecule has 0 unspecified atom stereocenters. The Kier molecular flexibility index (Phi) is 4.97. The molecule has 3 nitrogen and oxygen atoms in total. The van der Waals surface area contributed by atoms with Crippen LogP contribution in [0.4, 0.5) is 4.39 Å². The lowest BCUT2D eigenvalue weighted by molar-refractivity contribution is 0.288. The summed E-state index contributed by atoms with van der Waals surface area (Å²) in [4.78, 5) is 0.179. The highest BCUT2D eigenvalue weighted by Crippen LogP contribution is 2.29. The predicted octanol–water partition coefficient (Wildman–Crippen LogP) is 1.88. The quantitative estimate of drug-likeness (QED) is 0.836. The maximum Gasteiger partial charge on any atom is 0.176 e. The lowest BCUT2D eigenvalue weighted by Gasteiger charge is -2.09. The number of halogens is 1. The smallest absolute Gasteiger partial charge is 0.176 e. The van der Waals surface area contributed by atoms with Gasteiger partial charge >= 0.3 is 0 Å². The van der Waals surface area contributed by atoms with Crippen LogP contribution in [0.2, 0.25) is 0 Å². The number of aliphatic hydroxyl groups is 1. The Morgan fingerprint density at radius 1 is 1.41 bits per heavy atom. The molecule has 1 N–H and O–H groups in total. The van der Waals surface area contributed by atoms with Crippen LogP contribution in [-0.4, -0.2) is 32.6 Å². The highest BCUT2D eigenvalue weighted by Gasteiger charge is 2.18. The number of sulfone groups is 1. The molecule has 0 amide bonds. The Morgan fingerprint density at radius 3 is 2.53 bits per heavy atom. The van der Waals surface area contributed by atoms with Crippen LogP contribution in [-0.2, 0) is 16.3 Å². The molecule has 1 aromatic rings. The second-order valence-electron chi connectivity index (χ2n) is 3.71. The van der Waals surface area contributed by atoms with Crippen LogP contribution in [0.1, 0.15) is 12.0 Å². The van der Waals surface area contributed by atoms with Crippen molar-refractivity contribution < 1.29 is 17.9 Å². The number of hydrogen-bond acceptors (Lipinski definition) is 4. The minimum atomic E-state index is -3.44. The number of thioether (sulfide) groups is 1. The number of benzene rings is 1. The zero-order valence-corrected chi connectivity index (χ0v) is 11.4.